The van der Waals surface area contributed by atoms with Crippen LogP contribution >= 0.6 is 0 Å². The van der Waals surface area contributed by atoms with Crippen LogP contribution in [0.5, 0.6) is 0 Å². The number of carboxylic acids is 1. The largest absolute Gasteiger partial charge is 0.481 e. The minimum absolute atomic E-state index is 0.117. The second kappa shape index (κ2) is 5.35. The minimum Gasteiger partial charge on any atom is -0.481 e. The van der Waals surface area contributed by atoms with Crippen molar-refractivity contribution in [1.82, 2.24) is 15.1 Å². The Bertz CT molecular complexity index is 308. The van der Waals surface area contributed by atoms with Gasteiger partial charge in [0.15, 0.2) is 0 Å². The number of carbonyl (C=O) groups excluding carboxylic acids is 1. The molecule has 2 heterocycles. The van der Waals surface area contributed by atoms with Gasteiger partial charge in [0, 0.05) is 39.1 Å². The Kier molecular flexibility index (Phi) is 3.83. The Morgan fingerprint density at radius 3 is 3.00 bits per heavy atom. The average Bonchev–Trinajstić information content (AvgIpc) is 2.63. The molecule has 1 atom stereocenters. The summed E-state index contributed by atoms with van der Waals surface area (Å²) in [5.74, 6) is -0.764. The molecule has 2 N–H and O–H groups in total. The lowest BCUT2D eigenvalue weighted by atomic mass is 10.2. The molecule has 0 saturated carbocycles. The third-order valence-corrected chi connectivity index (χ3v) is 3.37. The fraction of sp³-hybridized carbons (Fsp3) is 0.818. The standard InChI is InChI=1S/C11H19N3O3/c15-10(16)3-1-2-5-13-8-9-7-12-4-6-14(9)11(13)17/h9,12H,1-8H2,(H,15,16). The maximum atomic E-state index is 12.0. The highest BCUT2D eigenvalue weighted by Crippen LogP contribution is 2.17. The zero-order valence-electron chi connectivity index (χ0n) is 9.89. The number of hydrogen-bond acceptors (Lipinski definition) is 3. The van der Waals surface area contributed by atoms with Crippen LogP contribution in [0.3, 0.4) is 0 Å². The normalized spacial score (nSPS) is 24.0. The lowest BCUT2D eigenvalue weighted by molar-refractivity contribution is -0.137. The fourth-order valence-corrected chi connectivity index (χ4v) is 2.46. The molecule has 0 aliphatic carbocycles. The SMILES string of the molecule is O=C(O)CCCCN1CC2CNCCN2C1=O. The quantitative estimate of drug-likeness (QED) is 0.662. The summed E-state index contributed by atoms with van der Waals surface area (Å²) in [7, 11) is 0. The molecular formula is C11H19N3O3. The van der Waals surface area contributed by atoms with Gasteiger partial charge in [-0.2, -0.15) is 0 Å². The monoisotopic (exact) mass is 241 g/mol. The van der Waals surface area contributed by atoms with Gasteiger partial charge in [-0.15, -0.1) is 0 Å². The summed E-state index contributed by atoms with van der Waals surface area (Å²) in [6, 6.07) is 0.419. The van der Waals surface area contributed by atoms with Crippen LogP contribution in [0.4, 0.5) is 4.79 Å². The highest BCUT2D eigenvalue weighted by atomic mass is 16.4. The molecule has 96 valence electrons. The summed E-state index contributed by atoms with van der Waals surface area (Å²) < 4.78 is 0. The van der Waals surface area contributed by atoms with Gasteiger partial charge in [-0.3, -0.25) is 4.79 Å². The van der Waals surface area contributed by atoms with Crippen molar-refractivity contribution in [2.24, 2.45) is 0 Å². The van der Waals surface area contributed by atoms with E-state index in [4.69, 9.17) is 5.11 Å². The Labute approximate surface area is 101 Å². The van der Waals surface area contributed by atoms with E-state index in [1.807, 2.05) is 9.80 Å². The predicted octanol–water partition coefficient (Wildman–Crippen LogP) is -0.0493. The zero-order chi connectivity index (χ0) is 12.3. The number of hydrogen-bond donors (Lipinski definition) is 2. The van der Waals surface area contributed by atoms with Crippen molar-refractivity contribution in [3.63, 3.8) is 0 Å². The molecule has 0 aromatic rings. The molecule has 2 saturated heterocycles. The molecule has 17 heavy (non-hydrogen) atoms. The fourth-order valence-electron chi connectivity index (χ4n) is 2.46. The highest BCUT2D eigenvalue weighted by Gasteiger charge is 2.37. The van der Waals surface area contributed by atoms with Gasteiger partial charge in [-0.1, -0.05) is 0 Å². The van der Waals surface area contributed by atoms with Crippen molar-refractivity contribution in [3.05, 3.63) is 0 Å². The Morgan fingerprint density at radius 2 is 2.29 bits per heavy atom. The maximum Gasteiger partial charge on any atom is 0.320 e. The van der Waals surface area contributed by atoms with Crippen LogP contribution in [0.15, 0.2) is 0 Å². The highest BCUT2D eigenvalue weighted by molar-refractivity contribution is 5.77. The number of carboxylic acid groups (broad SMARTS) is 1. The third kappa shape index (κ3) is 2.88. The van der Waals surface area contributed by atoms with Gasteiger partial charge in [0.05, 0.1) is 6.04 Å². The molecule has 2 aliphatic rings. The Balaban J connectivity index is 1.74. The molecule has 2 aliphatic heterocycles. The molecule has 2 rings (SSSR count). The number of urea groups is 1. The number of carbonyl (C=O) groups is 2. The van der Waals surface area contributed by atoms with Crippen LogP contribution in [0, 0.1) is 0 Å². The zero-order valence-corrected chi connectivity index (χ0v) is 9.89. The van der Waals surface area contributed by atoms with Gasteiger partial charge in [0.25, 0.3) is 0 Å². The van der Waals surface area contributed by atoms with E-state index in [0.29, 0.717) is 19.0 Å². The number of amides is 2. The molecule has 0 spiro atoms. The second-order valence-electron chi connectivity index (χ2n) is 4.63. The van der Waals surface area contributed by atoms with Gasteiger partial charge >= 0.3 is 12.0 Å². The number of rotatable bonds is 5. The van der Waals surface area contributed by atoms with E-state index >= 15 is 0 Å². The van der Waals surface area contributed by atoms with Crippen molar-refractivity contribution in [3.8, 4) is 0 Å². The van der Waals surface area contributed by atoms with E-state index in [2.05, 4.69) is 5.32 Å². The Morgan fingerprint density at radius 1 is 1.47 bits per heavy atom. The van der Waals surface area contributed by atoms with Crippen LogP contribution in [0.25, 0.3) is 0 Å². The molecule has 0 aromatic carbocycles. The number of nitrogens with zero attached hydrogens (tertiary/aromatic N) is 2. The molecule has 2 amide bonds. The van der Waals surface area contributed by atoms with Crippen LogP contribution in [0.2, 0.25) is 0 Å². The van der Waals surface area contributed by atoms with E-state index in [9.17, 15) is 9.59 Å². The smallest absolute Gasteiger partial charge is 0.320 e. The van der Waals surface area contributed by atoms with Crippen molar-refractivity contribution in [2.45, 2.75) is 25.3 Å². The van der Waals surface area contributed by atoms with Crippen LogP contribution in [-0.4, -0.2) is 65.7 Å². The van der Waals surface area contributed by atoms with Crippen molar-refractivity contribution >= 4 is 12.0 Å². The lowest BCUT2D eigenvalue weighted by Crippen LogP contribution is -2.49. The maximum absolute atomic E-state index is 12.0. The molecule has 6 heteroatoms. The summed E-state index contributed by atoms with van der Waals surface area (Å²) in [4.78, 5) is 26.1. The molecule has 0 bridgehead atoms. The first-order valence-electron chi connectivity index (χ1n) is 6.16. The molecule has 0 aromatic heterocycles. The predicted molar refractivity (Wildman–Crippen MR) is 61.8 cm³/mol. The van der Waals surface area contributed by atoms with E-state index in [1.165, 1.54) is 0 Å². The minimum atomic E-state index is -0.764. The molecule has 2 fully saturated rings. The topological polar surface area (TPSA) is 72.9 Å². The number of fused-ring (bicyclic) bond motifs is 1. The van der Waals surface area contributed by atoms with Gasteiger partial charge in [0.2, 0.25) is 0 Å². The molecule has 6 nitrogen and oxygen atoms in total. The van der Waals surface area contributed by atoms with Gasteiger partial charge < -0.3 is 20.2 Å². The van der Waals surface area contributed by atoms with E-state index in [-0.39, 0.29) is 12.5 Å². The summed E-state index contributed by atoms with van der Waals surface area (Å²) in [5, 5.41) is 11.8. The van der Waals surface area contributed by atoms with E-state index in [0.717, 1.165) is 32.6 Å². The first-order chi connectivity index (χ1) is 8.18. The molecular weight excluding hydrogens is 222 g/mol. The van der Waals surface area contributed by atoms with Crippen LogP contribution in [-0.2, 0) is 4.79 Å². The van der Waals surface area contributed by atoms with Crippen molar-refractivity contribution in [1.29, 1.82) is 0 Å². The average molecular weight is 241 g/mol. The van der Waals surface area contributed by atoms with Crippen molar-refractivity contribution in [2.75, 3.05) is 32.7 Å². The number of unbranched alkanes of at least 4 members (excludes halogenated alkanes) is 1. The van der Waals surface area contributed by atoms with Gasteiger partial charge in [0.1, 0.15) is 0 Å². The summed E-state index contributed by atoms with van der Waals surface area (Å²) in [5.41, 5.74) is 0. The molecule has 1 unspecified atom stereocenters. The second-order valence-corrected chi connectivity index (χ2v) is 4.63. The van der Waals surface area contributed by atoms with Gasteiger partial charge in [-0.25, -0.2) is 4.79 Å². The molecule has 0 radical (unpaired) electrons. The van der Waals surface area contributed by atoms with E-state index < -0.39 is 5.97 Å². The van der Waals surface area contributed by atoms with Crippen LogP contribution in [0.1, 0.15) is 19.3 Å². The van der Waals surface area contributed by atoms with E-state index in [1.54, 1.807) is 0 Å². The summed E-state index contributed by atoms with van der Waals surface area (Å²) in [6.07, 6.45) is 1.60. The van der Waals surface area contributed by atoms with Crippen molar-refractivity contribution < 1.29 is 14.7 Å². The first-order valence-corrected chi connectivity index (χ1v) is 6.16. The Hall–Kier alpha value is -1.30. The first kappa shape index (κ1) is 12.2. The van der Waals surface area contributed by atoms with Gasteiger partial charge in [-0.05, 0) is 12.8 Å². The number of aliphatic carboxylic acids is 1. The summed E-state index contributed by atoms with van der Waals surface area (Å²) in [6.45, 7) is 3.99. The van der Waals surface area contributed by atoms with Crippen LogP contribution < -0.4 is 5.32 Å². The number of nitrogens with one attached hydrogen (secondary N) is 1. The number of piperazine rings is 1. The lowest BCUT2D eigenvalue weighted by Gasteiger charge is -2.28. The third-order valence-electron chi connectivity index (χ3n) is 3.37. The summed E-state index contributed by atoms with van der Waals surface area (Å²) >= 11 is 0.